The van der Waals surface area contributed by atoms with Crippen molar-refractivity contribution in [1.82, 2.24) is 20.2 Å². The number of aromatic amines is 1. The Morgan fingerprint density at radius 3 is 3.08 bits per heavy atom. The Kier molecular flexibility index (Phi) is 5.16. The van der Waals surface area contributed by atoms with Crippen molar-refractivity contribution in [2.45, 2.75) is 25.7 Å². The van der Waals surface area contributed by atoms with Crippen molar-refractivity contribution in [3.05, 3.63) is 29.8 Å². The van der Waals surface area contributed by atoms with Crippen molar-refractivity contribution in [3.8, 4) is 0 Å². The number of H-pyrrole nitrogens is 1. The van der Waals surface area contributed by atoms with Gasteiger partial charge in [-0.25, -0.2) is 14.2 Å². The molecular formula is C17H22FN5O2. The summed E-state index contributed by atoms with van der Waals surface area (Å²) in [6, 6.07) is 3.97. The summed E-state index contributed by atoms with van der Waals surface area (Å²) in [6.07, 6.45) is 2.94. The predicted molar refractivity (Wildman–Crippen MR) is 91.3 cm³/mol. The Labute approximate surface area is 144 Å². The molecule has 1 aliphatic heterocycles. The standard InChI is InChI=1S/C17H22FN5O2/c18-12-5-6-13-14(9-12)22-15(21-13)4-1-7-20-16(24)11-3-2-8-23(10-11)17(19)25/h5-6,9,11H,1-4,7-8,10H2,(H2,19,25)(H,20,24)(H,21,22)/t11-/m1/s1. The zero-order valence-electron chi connectivity index (χ0n) is 13.9. The van der Waals surface area contributed by atoms with Crippen LogP contribution >= 0.6 is 0 Å². The number of aryl methyl sites for hydroxylation is 1. The number of piperidine rings is 1. The monoisotopic (exact) mass is 347 g/mol. The van der Waals surface area contributed by atoms with Gasteiger partial charge in [0.15, 0.2) is 0 Å². The number of benzene rings is 1. The molecule has 0 aliphatic carbocycles. The van der Waals surface area contributed by atoms with Gasteiger partial charge in [-0.3, -0.25) is 4.79 Å². The summed E-state index contributed by atoms with van der Waals surface area (Å²) in [5, 5.41) is 2.91. The molecule has 1 saturated heterocycles. The molecule has 0 saturated carbocycles. The van der Waals surface area contributed by atoms with E-state index < -0.39 is 6.03 Å². The third-order valence-electron chi connectivity index (χ3n) is 4.49. The minimum atomic E-state index is -0.473. The first kappa shape index (κ1) is 17.2. The van der Waals surface area contributed by atoms with Gasteiger partial charge in [0.25, 0.3) is 0 Å². The van der Waals surface area contributed by atoms with Crippen LogP contribution < -0.4 is 11.1 Å². The van der Waals surface area contributed by atoms with Gasteiger partial charge in [-0.1, -0.05) is 0 Å². The second-order valence-corrected chi connectivity index (χ2v) is 6.36. The molecule has 2 aromatic rings. The zero-order chi connectivity index (χ0) is 17.8. The van der Waals surface area contributed by atoms with E-state index >= 15 is 0 Å². The summed E-state index contributed by atoms with van der Waals surface area (Å²) in [5.74, 6) is 0.230. The molecule has 0 bridgehead atoms. The van der Waals surface area contributed by atoms with E-state index in [-0.39, 0.29) is 17.6 Å². The third kappa shape index (κ3) is 4.26. The van der Waals surface area contributed by atoms with Gasteiger partial charge in [-0.2, -0.15) is 0 Å². The van der Waals surface area contributed by atoms with Crippen LogP contribution in [0.1, 0.15) is 25.1 Å². The Bertz CT molecular complexity index is 775. The first-order valence-corrected chi connectivity index (χ1v) is 8.49. The molecule has 7 nitrogen and oxygen atoms in total. The number of aromatic nitrogens is 2. The minimum absolute atomic E-state index is 0.0439. The number of fused-ring (bicyclic) bond motifs is 1. The Morgan fingerprint density at radius 1 is 1.44 bits per heavy atom. The normalized spacial score (nSPS) is 17.6. The molecular weight excluding hydrogens is 325 g/mol. The fourth-order valence-electron chi connectivity index (χ4n) is 3.16. The van der Waals surface area contributed by atoms with E-state index in [1.165, 1.54) is 17.0 Å². The number of halogens is 1. The molecule has 0 unspecified atom stereocenters. The second kappa shape index (κ2) is 7.50. The van der Waals surface area contributed by atoms with E-state index in [4.69, 9.17) is 5.73 Å². The molecule has 1 atom stereocenters. The lowest BCUT2D eigenvalue weighted by atomic mass is 9.97. The number of likely N-dealkylation sites (tertiary alicyclic amines) is 1. The van der Waals surface area contributed by atoms with Gasteiger partial charge < -0.3 is 20.9 Å². The molecule has 1 aromatic carbocycles. The molecule has 1 aliphatic rings. The average molecular weight is 347 g/mol. The highest BCUT2D eigenvalue weighted by atomic mass is 19.1. The van der Waals surface area contributed by atoms with Crippen LogP contribution in [-0.2, 0) is 11.2 Å². The van der Waals surface area contributed by atoms with Crippen LogP contribution in [0.3, 0.4) is 0 Å². The van der Waals surface area contributed by atoms with E-state index in [9.17, 15) is 14.0 Å². The smallest absolute Gasteiger partial charge is 0.314 e. The number of imidazole rings is 1. The summed E-state index contributed by atoms with van der Waals surface area (Å²) >= 11 is 0. The summed E-state index contributed by atoms with van der Waals surface area (Å²) in [5.41, 5.74) is 6.68. The molecule has 134 valence electrons. The van der Waals surface area contributed by atoms with Crippen molar-refractivity contribution < 1.29 is 14.0 Å². The van der Waals surface area contributed by atoms with Gasteiger partial charge in [0.1, 0.15) is 11.6 Å². The summed E-state index contributed by atoms with van der Waals surface area (Å²) in [6.45, 7) is 1.53. The summed E-state index contributed by atoms with van der Waals surface area (Å²) in [7, 11) is 0. The van der Waals surface area contributed by atoms with Gasteiger partial charge in [-0.05, 0) is 37.5 Å². The molecule has 0 radical (unpaired) electrons. The number of nitrogens with two attached hydrogens (primary N) is 1. The number of nitrogens with zero attached hydrogens (tertiary/aromatic N) is 2. The van der Waals surface area contributed by atoms with E-state index in [1.54, 1.807) is 6.07 Å². The number of hydrogen-bond donors (Lipinski definition) is 3. The molecule has 3 rings (SSSR count). The number of carbonyl (C=O) groups is 2. The number of nitrogens with one attached hydrogen (secondary N) is 2. The number of rotatable bonds is 5. The SMILES string of the molecule is NC(=O)N1CCC[C@@H](C(=O)NCCCc2nc3ccc(F)cc3[nH]2)C1. The topological polar surface area (TPSA) is 104 Å². The Balaban J connectivity index is 1.44. The maximum absolute atomic E-state index is 13.2. The molecule has 0 spiro atoms. The van der Waals surface area contributed by atoms with Gasteiger partial charge in [0, 0.05) is 26.1 Å². The lowest BCUT2D eigenvalue weighted by Crippen LogP contribution is -2.47. The average Bonchev–Trinajstić information content (AvgIpc) is 3.00. The lowest BCUT2D eigenvalue weighted by Gasteiger charge is -2.30. The predicted octanol–water partition coefficient (Wildman–Crippen LogP) is 1.54. The van der Waals surface area contributed by atoms with Crippen LogP contribution in [0.15, 0.2) is 18.2 Å². The summed E-state index contributed by atoms with van der Waals surface area (Å²) < 4.78 is 13.2. The van der Waals surface area contributed by atoms with E-state index in [0.717, 1.165) is 30.6 Å². The number of primary amides is 1. The van der Waals surface area contributed by atoms with Gasteiger partial charge in [0.2, 0.25) is 5.91 Å². The molecule has 8 heteroatoms. The highest BCUT2D eigenvalue weighted by Crippen LogP contribution is 2.16. The van der Waals surface area contributed by atoms with Crippen LogP contribution in [0, 0.1) is 11.7 Å². The van der Waals surface area contributed by atoms with Crippen molar-refractivity contribution in [1.29, 1.82) is 0 Å². The molecule has 2 heterocycles. The van der Waals surface area contributed by atoms with Crippen LogP contribution in [-0.4, -0.2) is 46.4 Å². The first-order chi connectivity index (χ1) is 12.0. The minimum Gasteiger partial charge on any atom is -0.356 e. The van der Waals surface area contributed by atoms with Crippen molar-refractivity contribution in [3.63, 3.8) is 0 Å². The van der Waals surface area contributed by atoms with Crippen LogP contribution in [0.25, 0.3) is 11.0 Å². The molecule has 1 fully saturated rings. The molecule has 25 heavy (non-hydrogen) atoms. The zero-order valence-corrected chi connectivity index (χ0v) is 13.9. The van der Waals surface area contributed by atoms with Crippen LogP contribution in [0.4, 0.5) is 9.18 Å². The molecule has 3 amide bonds. The van der Waals surface area contributed by atoms with Crippen LogP contribution in [0.2, 0.25) is 0 Å². The quantitative estimate of drug-likeness (QED) is 0.715. The van der Waals surface area contributed by atoms with Crippen LogP contribution in [0.5, 0.6) is 0 Å². The van der Waals surface area contributed by atoms with Crippen molar-refractivity contribution in [2.75, 3.05) is 19.6 Å². The Hall–Kier alpha value is -2.64. The van der Waals surface area contributed by atoms with Gasteiger partial charge in [-0.15, -0.1) is 0 Å². The van der Waals surface area contributed by atoms with Crippen molar-refractivity contribution >= 4 is 23.0 Å². The summed E-state index contributed by atoms with van der Waals surface area (Å²) in [4.78, 5) is 32.4. The highest BCUT2D eigenvalue weighted by molar-refractivity contribution is 5.80. The lowest BCUT2D eigenvalue weighted by molar-refractivity contribution is -0.126. The van der Waals surface area contributed by atoms with E-state index in [2.05, 4.69) is 15.3 Å². The second-order valence-electron chi connectivity index (χ2n) is 6.36. The van der Waals surface area contributed by atoms with E-state index in [1.807, 2.05) is 0 Å². The Morgan fingerprint density at radius 2 is 2.28 bits per heavy atom. The maximum Gasteiger partial charge on any atom is 0.314 e. The number of hydrogen-bond acceptors (Lipinski definition) is 3. The fourth-order valence-corrected chi connectivity index (χ4v) is 3.16. The number of carbonyl (C=O) groups excluding carboxylic acids is 2. The third-order valence-corrected chi connectivity index (χ3v) is 4.49. The molecule has 4 N–H and O–H groups in total. The highest BCUT2D eigenvalue weighted by Gasteiger charge is 2.27. The van der Waals surface area contributed by atoms with E-state index in [0.29, 0.717) is 31.6 Å². The molecule has 1 aromatic heterocycles. The maximum atomic E-state index is 13.2. The van der Waals surface area contributed by atoms with Crippen molar-refractivity contribution in [2.24, 2.45) is 11.7 Å². The van der Waals surface area contributed by atoms with Gasteiger partial charge >= 0.3 is 6.03 Å². The first-order valence-electron chi connectivity index (χ1n) is 8.49. The van der Waals surface area contributed by atoms with Gasteiger partial charge in [0.05, 0.1) is 17.0 Å². The largest absolute Gasteiger partial charge is 0.356 e. The number of urea groups is 1. The fraction of sp³-hybridized carbons (Fsp3) is 0.471. The number of amides is 3.